The molecule has 0 atom stereocenters. The molecule has 1 amide bonds. The minimum Gasteiger partial charge on any atom is -0.495 e. The zero-order chi connectivity index (χ0) is 19.0. The Morgan fingerprint density at radius 2 is 1.85 bits per heavy atom. The van der Waals surface area contributed by atoms with Crippen molar-refractivity contribution < 1.29 is 17.9 Å². The molecule has 0 heterocycles. The van der Waals surface area contributed by atoms with Crippen LogP contribution in [0.4, 0.5) is 11.4 Å². The smallest absolute Gasteiger partial charge is 0.262 e. The van der Waals surface area contributed by atoms with E-state index in [-0.39, 0.29) is 10.8 Å². The monoisotopic (exact) mass is 376 g/mol. The van der Waals surface area contributed by atoms with Gasteiger partial charge in [0.05, 0.1) is 17.7 Å². The van der Waals surface area contributed by atoms with Gasteiger partial charge in [0.15, 0.2) is 0 Å². The molecular formula is C19H24N2O4S. The lowest BCUT2D eigenvalue weighted by Crippen LogP contribution is -2.15. The lowest BCUT2D eigenvalue weighted by atomic mass is 10.2. The van der Waals surface area contributed by atoms with Crippen LogP contribution in [0, 0.1) is 0 Å². The van der Waals surface area contributed by atoms with E-state index in [4.69, 9.17) is 4.74 Å². The van der Waals surface area contributed by atoms with E-state index in [9.17, 15) is 13.2 Å². The molecule has 0 aliphatic carbocycles. The van der Waals surface area contributed by atoms with Crippen LogP contribution in [0.25, 0.3) is 0 Å². The molecule has 2 aromatic rings. The molecule has 0 radical (unpaired) electrons. The van der Waals surface area contributed by atoms with E-state index in [0.29, 0.717) is 23.5 Å². The molecule has 0 aliphatic heterocycles. The highest BCUT2D eigenvalue weighted by atomic mass is 32.2. The third-order valence-corrected chi connectivity index (χ3v) is 5.15. The van der Waals surface area contributed by atoms with E-state index < -0.39 is 10.0 Å². The van der Waals surface area contributed by atoms with Gasteiger partial charge >= 0.3 is 0 Å². The van der Waals surface area contributed by atoms with Gasteiger partial charge < -0.3 is 10.1 Å². The quantitative estimate of drug-likeness (QED) is 0.648. The maximum atomic E-state index is 12.6. The van der Waals surface area contributed by atoms with E-state index in [0.717, 1.165) is 19.3 Å². The van der Waals surface area contributed by atoms with E-state index >= 15 is 0 Å². The molecular weight excluding hydrogens is 352 g/mol. The summed E-state index contributed by atoms with van der Waals surface area (Å²) in [5, 5.41) is 2.74. The molecule has 0 saturated carbocycles. The second-order valence-electron chi connectivity index (χ2n) is 5.84. The third-order valence-electron chi connectivity index (χ3n) is 3.79. The number of unbranched alkanes of at least 4 members (excludes halogenated alkanes) is 2. The van der Waals surface area contributed by atoms with Crippen molar-refractivity contribution in [2.75, 3.05) is 17.1 Å². The molecule has 2 aromatic carbocycles. The predicted octanol–water partition coefficient (Wildman–Crippen LogP) is 4.01. The highest BCUT2D eigenvalue weighted by molar-refractivity contribution is 7.92. The van der Waals surface area contributed by atoms with Crippen LogP contribution in [0.1, 0.15) is 32.6 Å². The number of para-hydroxylation sites is 2. The fourth-order valence-corrected chi connectivity index (χ4v) is 3.55. The number of ether oxygens (including phenoxy) is 1. The van der Waals surface area contributed by atoms with E-state index in [1.807, 2.05) is 0 Å². The van der Waals surface area contributed by atoms with E-state index in [2.05, 4.69) is 17.0 Å². The number of anilines is 2. The summed E-state index contributed by atoms with van der Waals surface area (Å²) in [7, 11) is -2.33. The molecule has 7 heteroatoms. The van der Waals surface area contributed by atoms with Crippen molar-refractivity contribution in [3.8, 4) is 5.75 Å². The van der Waals surface area contributed by atoms with Gasteiger partial charge in [0, 0.05) is 12.1 Å². The minimum atomic E-state index is -3.81. The van der Waals surface area contributed by atoms with Crippen LogP contribution in [-0.2, 0) is 14.8 Å². The van der Waals surface area contributed by atoms with E-state index in [1.54, 1.807) is 36.4 Å². The van der Waals surface area contributed by atoms with Crippen LogP contribution >= 0.6 is 0 Å². The number of methoxy groups -OCH3 is 1. The summed E-state index contributed by atoms with van der Waals surface area (Å²) in [6.45, 7) is 2.07. The summed E-state index contributed by atoms with van der Waals surface area (Å²) in [6.07, 6.45) is 3.26. The molecule has 0 unspecified atom stereocenters. The van der Waals surface area contributed by atoms with Crippen molar-refractivity contribution in [3.05, 3.63) is 48.5 Å². The Morgan fingerprint density at radius 1 is 1.08 bits per heavy atom. The first-order chi connectivity index (χ1) is 12.5. The van der Waals surface area contributed by atoms with Crippen LogP contribution in [-0.4, -0.2) is 21.4 Å². The number of hydrogen-bond donors (Lipinski definition) is 2. The summed E-state index contributed by atoms with van der Waals surface area (Å²) in [5.41, 5.74) is 0.804. The van der Waals surface area contributed by atoms with Crippen LogP contribution in [0.5, 0.6) is 5.75 Å². The van der Waals surface area contributed by atoms with Crippen LogP contribution in [0.15, 0.2) is 53.4 Å². The maximum Gasteiger partial charge on any atom is 0.262 e. The maximum absolute atomic E-state index is 12.6. The van der Waals surface area contributed by atoms with Gasteiger partial charge in [-0.05, 0) is 36.8 Å². The number of nitrogens with one attached hydrogen (secondary N) is 2. The minimum absolute atomic E-state index is 0.0646. The molecule has 0 bridgehead atoms. The Bertz CT molecular complexity index is 850. The summed E-state index contributed by atoms with van der Waals surface area (Å²) in [6, 6.07) is 12.9. The van der Waals surface area contributed by atoms with Gasteiger partial charge in [0.25, 0.3) is 10.0 Å². The fourth-order valence-electron chi connectivity index (χ4n) is 2.43. The molecule has 0 spiro atoms. The van der Waals surface area contributed by atoms with Crippen molar-refractivity contribution in [2.45, 2.75) is 37.5 Å². The first kappa shape index (κ1) is 19.8. The standard InChI is InChI=1S/C19H24N2O4S/c1-3-4-5-13-19(22)20-15-9-8-10-16(14-15)26(23,24)21-17-11-6-7-12-18(17)25-2/h6-12,14,21H,3-5,13H2,1-2H3,(H,20,22). The van der Waals surface area contributed by atoms with Gasteiger partial charge in [0.2, 0.25) is 5.91 Å². The first-order valence-electron chi connectivity index (χ1n) is 8.52. The summed E-state index contributed by atoms with van der Waals surface area (Å²) in [5.74, 6) is 0.308. The molecule has 0 aromatic heterocycles. The Kier molecular flexibility index (Phi) is 7.03. The van der Waals surface area contributed by atoms with Gasteiger partial charge in [-0.1, -0.05) is 38.0 Å². The van der Waals surface area contributed by atoms with Crippen molar-refractivity contribution in [3.63, 3.8) is 0 Å². The fraction of sp³-hybridized carbons (Fsp3) is 0.316. The van der Waals surface area contributed by atoms with Crippen molar-refractivity contribution in [2.24, 2.45) is 0 Å². The predicted molar refractivity (Wildman–Crippen MR) is 103 cm³/mol. The molecule has 0 aliphatic rings. The highest BCUT2D eigenvalue weighted by Crippen LogP contribution is 2.26. The molecule has 140 valence electrons. The average Bonchev–Trinajstić information content (AvgIpc) is 2.62. The molecule has 26 heavy (non-hydrogen) atoms. The second-order valence-corrected chi connectivity index (χ2v) is 7.52. The summed E-state index contributed by atoms with van der Waals surface area (Å²) >= 11 is 0. The van der Waals surface area contributed by atoms with Gasteiger partial charge in [-0.15, -0.1) is 0 Å². The third kappa shape index (κ3) is 5.49. The number of rotatable bonds is 9. The number of carbonyl (C=O) groups is 1. The Hall–Kier alpha value is -2.54. The molecule has 0 saturated heterocycles. The van der Waals surface area contributed by atoms with Crippen LogP contribution in [0.3, 0.4) is 0 Å². The average molecular weight is 376 g/mol. The topological polar surface area (TPSA) is 84.5 Å². The van der Waals surface area contributed by atoms with E-state index in [1.165, 1.54) is 19.2 Å². The summed E-state index contributed by atoms with van der Waals surface area (Å²) in [4.78, 5) is 12.0. The van der Waals surface area contributed by atoms with Crippen molar-refractivity contribution >= 4 is 27.3 Å². The number of sulfonamides is 1. The van der Waals surface area contributed by atoms with Gasteiger partial charge in [-0.2, -0.15) is 0 Å². The Balaban J connectivity index is 2.13. The van der Waals surface area contributed by atoms with Crippen molar-refractivity contribution in [1.29, 1.82) is 0 Å². The Morgan fingerprint density at radius 3 is 2.58 bits per heavy atom. The molecule has 2 N–H and O–H groups in total. The zero-order valence-corrected chi connectivity index (χ0v) is 15.8. The first-order valence-corrected chi connectivity index (χ1v) is 10.0. The molecule has 0 fully saturated rings. The van der Waals surface area contributed by atoms with Gasteiger partial charge in [-0.25, -0.2) is 8.42 Å². The van der Waals surface area contributed by atoms with Crippen LogP contribution in [0.2, 0.25) is 0 Å². The van der Waals surface area contributed by atoms with Gasteiger partial charge in [-0.3, -0.25) is 9.52 Å². The number of benzene rings is 2. The second kappa shape index (κ2) is 9.24. The molecule has 2 rings (SSSR count). The number of carbonyl (C=O) groups excluding carboxylic acids is 1. The largest absolute Gasteiger partial charge is 0.495 e. The lowest BCUT2D eigenvalue weighted by molar-refractivity contribution is -0.116. The SMILES string of the molecule is CCCCCC(=O)Nc1cccc(S(=O)(=O)Nc2ccccc2OC)c1. The zero-order valence-electron chi connectivity index (χ0n) is 15.0. The number of hydrogen-bond acceptors (Lipinski definition) is 4. The van der Waals surface area contributed by atoms with Crippen molar-refractivity contribution in [1.82, 2.24) is 0 Å². The number of amides is 1. The highest BCUT2D eigenvalue weighted by Gasteiger charge is 2.17. The normalized spacial score (nSPS) is 11.0. The lowest BCUT2D eigenvalue weighted by Gasteiger charge is -2.12. The molecule has 6 nitrogen and oxygen atoms in total. The van der Waals surface area contributed by atoms with Gasteiger partial charge in [0.1, 0.15) is 5.75 Å². The Labute approximate surface area is 154 Å². The van der Waals surface area contributed by atoms with Crippen LogP contribution < -0.4 is 14.8 Å². The summed E-state index contributed by atoms with van der Waals surface area (Å²) < 4.78 is 33.0.